The Morgan fingerprint density at radius 3 is 2.88 bits per heavy atom. The quantitative estimate of drug-likeness (QED) is 0.673. The number of thiophene rings is 1. The third kappa shape index (κ3) is 4.67. The number of urea groups is 1. The Morgan fingerprint density at radius 2 is 2.16 bits per heavy atom. The highest BCUT2D eigenvalue weighted by Crippen LogP contribution is 2.28. The Bertz CT molecular complexity index is 849. The van der Waals surface area contributed by atoms with Crippen LogP contribution in [0, 0.1) is 12.8 Å². The van der Waals surface area contributed by atoms with Crippen LogP contribution in [0.1, 0.15) is 23.7 Å². The van der Waals surface area contributed by atoms with Crippen molar-refractivity contribution in [1.29, 1.82) is 0 Å². The molecule has 2 amide bonds. The van der Waals surface area contributed by atoms with Crippen molar-refractivity contribution < 1.29 is 4.79 Å². The summed E-state index contributed by atoms with van der Waals surface area (Å²) in [5.41, 5.74) is 1.00. The van der Waals surface area contributed by atoms with Gasteiger partial charge in [-0.15, -0.1) is 22.7 Å². The van der Waals surface area contributed by atoms with Crippen molar-refractivity contribution in [3.8, 4) is 10.6 Å². The molecule has 132 valence electrons. The van der Waals surface area contributed by atoms with Gasteiger partial charge in [0.05, 0.1) is 28.3 Å². The fourth-order valence-corrected chi connectivity index (χ4v) is 3.94. The number of anilines is 1. The standard InChI is InChI=1S/C17H21N5OS2/c1-11(2)9-22-16(6-7-19-22)21-17(23)18-8-13-4-5-15(25-13)14-10-24-12(3)20-14/h4-7,10-11H,8-9H2,1-3H3,(H2,18,21,23). The number of aryl methyl sites for hydroxylation is 1. The summed E-state index contributed by atoms with van der Waals surface area (Å²) in [6.45, 7) is 7.48. The first-order chi connectivity index (χ1) is 12.0. The summed E-state index contributed by atoms with van der Waals surface area (Å²) in [7, 11) is 0. The summed E-state index contributed by atoms with van der Waals surface area (Å²) in [6, 6.07) is 5.64. The van der Waals surface area contributed by atoms with Crippen molar-refractivity contribution in [2.24, 2.45) is 5.92 Å². The number of aromatic nitrogens is 3. The summed E-state index contributed by atoms with van der Waals surface area (Å²) in [4.78, 5) is 18.8. The first-order valence-corrected chi connectivity index (χ1v) is 9.79. The molecule has 0 fully saturated rings. The highest BCUT2D eigenvalue weighted by atomic mass is 32.1. The number of amides is 2. The van der Waals surface area contributed by atoms with E-state index in [0.29, 0.717) is 18.3 Å². The zero-order valence-corrected chi connectivity index (χ0v) is 16.1. The first-order valence-electron chi connectivity index (χ1n) is 8.09. The van der Waals surface area contributed by atoms with Gasteiger partial charge in [0.2, 0.25) is 0 Å². The maximum absolute atomic E-state index is 12.1. The van der Waals surface area contributed by atoms with E-state index in [2.05, 4.69) is 39.9 Å². The third-order valence-electron chi connectivity index (χ3n) is 3.45. The van der Waals surface area contributed by atoms with E-state index in [9.17, 15) is 4.79 Å². The van der Waals surface area contributed by atoms with Crippen molar-refractivity contribution in [1.82, 2.24) is 20.1 Å². The summed E-state index contributed by atoms with van der Waals surface area (Å²) in [6.07, 6.45) is 1.69. The number of nitrogens with one attached hydrogen (secondary N) is 2. The van der Waals surface area contributed by atoms with Gasteiger partial charge in [0, 0.05) is 22.9 Å². The summed E-state index contributed by atoms with van der Waals surface area (Å²) in [5.74, 6) is 1.17. The highest BCUT2D eigenvalue weighted by Gasteiger charge is 2.10. The Hall–Kier alpha value is -2.19. The van der Waals surface area contributed by atoms with Gasteiger partial charge in [-0.05, 0) is 25.0 Å². The fourth-order valence-electron chi connectivity index (χ4n) is 2.35. The van der Waals surface area contributed by atoms with Gasteiger partial charge in [-0.2, -0.15) is 5.10 Å². The number of carbonyl (C=O) groups excluding carboxylic acids is 1. The Labute approximate surface area is 154 Å². The van der Waals surface area contributed by atoms with Crippen LogP contribution in [-0.2, 0) is 13.1 Å². The minimum atomic E-state index is -0.232. The summed E-state index contributed by atoms with van der Waals surface area (Å²) < 4.78 is 1.80. The molecule has 0 unspecified atom stereocenters. The fraction of sp³-hybridized carbons (Fsp3) is 0.353. The number of nitrogens with zero attached hydrogens (tertiary/aromatic N) is 3. The van der Waals surface area contributed by atoms with E-state index in [1.54, 1.807) is 39.6 Å². The molecule has 0 aliphatic rings. The molecule has 0 bridgehead atoms. The van der Waals surface area contributed by atoms with Crippen LogP contribution in [0.25, 0.3) is 10.6 Å². The third-order valence-corrected chi connectivity index (χ3v) is 5.33. The molecule has 0 aliphatic heterocycles. The van der Waals surface area contributed by atoms with Gasteiger partial charge >= 0.3 is 6.03 Å². The van der Waals surface area contributed by atoms with E-state index < -0.39 is 0 Å². The molecular weight excluding hydrogens is 354 g/mol. The molecule has 2 N–H and O–H groups in total. The zero-order chi connectivity index (χ0) is 17.8. The molecule has 8 heteroatoms. The van der Waals surface area contributed by atoms with Gasteiger partial charge in [0.25, 0.3) is 0 Å². The van der Waals surface area contributed by atoms with Crippen molar-refractivity contribution in [3.63, 3.8) is 0 Å². The smallest absolute Gasteiger partial charge is 0.320 e. The Kier molecular flexibility index (Phi) is 5.50. The van der Waals surface area contributed by atoms with E-state index in [1.807, 2.05) is 19.1 Å². The SMILES string of the molecule is Cc1nc(-c2ccc(CNC(=O)Nc3ccnn3CC(C)C)s2)cs1. The van der Waals surface area contributed by atoms with Crippen LogP contribution >= 0.6 is 22.7 Å². The molecule has 0 saturated carbocycles. The van der Waals surface area contributed by atoms with Gasteiger partial charge < -0.3 is 5.32 Å². The molecule has 0 spiro atoms. The number of hydrogen-bond acceptors (Lipinski definition) is 5. The molecule has 0 aliphatic carbocycles. The van der Waals surface area contributed by atoms with Crippen LogP contribution in [0.3, 0.4) is 0 Å². The topological polar surface area (TPSA) is 71.8 Å². The largest absolute Gasteiger partial charge is 0.333 e. The number of carbonyl (C=O) groups is 1. The van der Waals surface area contributed by atoms with E-state index in [1.165, 1.54) is 0 Å². The van der Waals surface area contributed by atoms with Crippen molar-refractivity contribution in [2.75, 3.05) is 5.32 Å². The molecule has 0 saturated heterocycles. The molecule has 25 heavy (non-hydrogen) atoms. The minimum Gasteiger partial charge on any atom is -0.333 e. The van der Waals surface area contributed by atoms with Crippen molar-refractivity contribution >= 4 is 34.5 Å². The lowest BCUT2D eigenvalue weighted by atomic mass is 10.2. The van der Waals surface area contributed by atoms with E-state index in [-0.39, 0.29) is 6.03 Å². The minimum absolute atomic E-state index is 0.232. The first kappa shape index (κ1) is 17.6. The van der Waals surface area contributed by atoms with Gasteiger partial charge in [-0.25, -0.2) is 14.5 Å². The van der Waals surface area contributed by atoms with E-state index >= 15 is 0 Å². The van der Waals surface area contributed by atoms with Crippen LogP contribution < -0.4 is 10.6 Å². The van der Waals surface area contributed by atoms with Crippen LogP contribution in [-0.4, -0.2) is 20.8 Å². The van der Waals surface area contributed by atoms with E-state index in [0.717, 1.165) is 27.0 Å². The lowest BCUT2D eigenvalue weighted by molar-refractivity contribution is 0.251. The molecule has 0 radical (unpaired) electrons. The summed E-state index contributed by atoms with van der Waals surface area (Å²) in [5, 5.41) is 13.1. The molecule has 3 rings (SSSR count). The van der Waals surface area contributed by atoms with Crippen LogP contribution in [0.15, 0.2) is 29.8 Å². The monoisotopic (exact) mass is 375 g/mol. The molecule has 6 nitrogen and oxygen atoms in total. The Morgan fingerprint density at radius 1 is 1.32 bits per heavy atom. The second-order valence-electron chi connectivity index (χ2n) is 6.12. The highest BCUT2D eigenvalue weighted by molar-refractivity contribution is 7.16. The lowest BCUT2D eigenvalue weighted by Crippen LogP contribution is -2.29. The normalized spacial score (nSPS) is 11.0. The maximum Gasteiger partial charge on any atom is 0.320 e. The molecule has 3 aromatic heterocycles. The predicted molar refractivity (Wildman–Crippen MR) is 103 cm³/mol. The van der Waals surface area contributed by atoms with Gasteiger partial charge in [0.15, 0.2) is 0 Å². The van der Waals surface area contributed by atoms with Crippen LogP contribution in [0.5, 0.6) is 0 Å². The molecule has 3 aromatic rings. The lowest BCUT2D eigenvalue weighted by Gasteiger charge is -2.11. The molecular formula is C17H21N5OS2. The second-order valence-corrected chi connectivity index (χ2v) is 8.35. The maximum atomic E-state index is 12.1. The van der Waals surface area contributed by atoms with Crippen LogP contribution in [0.2, 0.25) is 0 Å². The summed E-state index contributed by atoms with van der Waals surface area (Å²) >= 11 is 3.29. The van der Waals surface area contributed by atoms with Gasteiger partial charge in [-0.1, -0.05) is 13.8 Å². The van der Waals surface area contributed by atoms with E-state index in [4.69, 9.17) is 0 Å². The second kappa shape index (κ2) is 7.79. The molecule has 0 aromatic carbocycles. The van der Waals surface area contributed by atoms with Gasteiger partial charge in [-0.3, -0.25) is 5.32 Å². The number of thiazole rings is 1. The zero-order valence-electron chi connectivity index (χ0n) is 14.4. The predicted octanol–water partition coefficient (Wildman–Crippen LogP) is 4.35. The van der Waals surface area contributed by atoms with Crippen molar-refractivity contribution in [3.05, 3.63) is 39.7 Å². The number of rotatable bonds is 6. The Balaban J connectivity index is 1.54. The van der Waals surface area contributed by atoms with Crippen LogP contribution in [0.4, 0.5) is 10.6 Å². The molecule has 0 atom stereocenters. The average molecular weight is 376 g/mol. The number of hydrogen-bond donors (Lipinski definition) is 2. The van der Waals surface area contributed by atoms with Gasteiger partial charge in [0.1, 0.15) is 5.82 Å². The molecule has 3 heterocycles. The van der Waals surface area contributed by atoms with Crippen molar-refractivity contribution in [2.45, 2.75) is 33.9 Å². The average Bonchev–Trinajstić information content (AvgIpc) is 3.27.